The predicted octanol–water partition coefficient (Wildman–Crippen LogP) is 4.29. The molecular weight excluding hydrogens is 209 g/mol. The third kappa shape index (κ3) is 1.30. The molecular formula is C10H7F3S. The van der Waals surface area contributed by atoms with Gasteiger partial charge < -0.3 is 0 Å². The number of benzene rings is 1. The second kappa shape index (κ2) is 3.28. The number of halogens is 3. The zero-order chi connectivity index (χ0) is 10.3. The van der Waals surface area contributed by atoms with E-state index in [2.05, 4.69) is 0 Å². The van der Waals surface area contributed by atoms with E-state index >= 15 is 0 Å². The Morgan fingerprint density at radius 3 is 2.71 bits per heavy atom. The molecule has 0 fully saturated rings. The van der Waals surface area contributed by atoms with Crippen molar-refractivity contribution in [3.05, 3.63) is 34.5 Å². The van der Waals surface area contributed by atoms with Crippen molar-refractivity contribution in [2.24, 2.45) is 0 Å². The van der Waals surface area contributed by atoms with Crippen LogP contribution < -0.4 is 0 Å². The summed E-state index contributed by atoms with van der Waals surface area (Å²) in [7, 11) is 0. The van der Waals surface area contributed by atoms with Crippen molar-refractivity contribution in [2.75, 3.05) is 0 Å². The number of thiophene rings is 1. The van der Waals surface area contributed by atoms with Crippen LogP contribution >= 0.6 is 11.3 Å². The highest BCUT2D eigenvalue weighted by atomic mass is 32.1. The van der Waals surface area contributed by atoms with E-state index in [0.29, 0.717) is 10.9 Å². The molecule has 0 aliphatic heterocycles. The summed E-state index contributed by atoms with van der Waals surface area (Å²) in [5, 5.41) is 2.45. The first-order valence-electron chi connectivity index (χ1n) is 4.05. The average Bonchev–Trinajstić information content (AvgIpc) is 2.58. The van der Waals surface area contributed by atoms with Crippen molar-refractivity contribution >= 4 is 21.4 Å². The first kappa shape index (κ1) is 9.52. The van der Waals surface area contributed by atoms with E-state index in [9.17, 15) is 13.2 Å². The largest absolute Gasteiger partial charge is 0.266 e. The summed E-state index contributed by atoms with van der Waals surface area (Å²) in [6.07, 6.45) is -2.75. The highest BCUT2D eigenvalue weighted by Gasteiger charge is 2.17. The Kier molecular flexibility index (Phi) is 2.23. The maximum absolute atomic E-state index is 13.4. The van der Waals surface area contributed by atoms with Gasteiger partial charge in [0.15, 0.2) is 0 Å². The molecule has 0 atom stereocenters. The summed E-state index contributed by atoms with van der Waals surface area (Å²) < 4.78 is 38.9. The molecule has 0 nitrogen and oxygen atoms in total. The summed E-state index contributed by atoms with van der Waals surface area (Å²) in [4.78, 5) is 0. The van der Waals surface area contributed by atoms with Crippen LogP contribution in [0.5, 0.6) is 0 Å². The Morgan fingerprint density at radius 1 is 1.36 bits per heavy atom. The topological polar surface area (TPSA) is 0 Å². The fraction of sp³-hybridized carbons (Fsp3) is 0.200. The minimum Gasteiger partial charge on any atom is -0.206 e. The molecule has 0 unspecified atom stereocenters. The van der Waals surface area contributed by atoms with Crippen molar-refractivity contribution in [3.63, 3.8) is 0 Å². The number of hydrogen-bond donors (Lipinski definition) is 0. The Balaban J connectivity index is 2.80. The Morgan fingerprint density at radius 2 is 2.07 bits per heavy atom. The first-order chi connectivity index (χ1) is 6.61. The summed E-state index contributed by atoms with van der Waals surface area (Å²) in [6.45, 7) is 1.53. The van der Waals surface area contributed by atoms with Crippen LogP contribution in [0.15, 0.2) is 17.5 Å². The maximum atomic E-state index is 13.4. The molecule has 74 valence electrons. The van der Waals surface area contributed by atoms with Gasteiger partial charge in [-0.2, -0.15) is 0 Å². The highest BCUT2D eigenvalue weighted by Crippen LogP contribution is 2.32. The Bertz CT molecular complexity index is 473. The SMILES string of the molecule is Cc1c(F)c(C(F)F)cc2ccsc12. The van der Waals surface area contributed by atoms with E-state index in [-0.39, 0.29) is 0 Å². The predicted molar refractivity (Wildman–Crippen MR) is 51.5 cm³/mol. The molecule has 0 radical (unpaired) electrons. The molecule has 1 heterocycles. The van der Waals surface area contributed by atoms with Gasteiger partial charge in [0.1, 0.15) is 5.82 Å². The second-order valence-corrected chi connectivity index (χ2v) is 3.96. The van der Waals surface area contributed by atoms with Gasteiger partial charge in [-0.15, -0.1) is 11.3 Å². The fourth-order valence-electron chi connectivity index (χ4n) is 1.44. The quantitative estimate of drug-likeness (QED) is 0.667. The normalized spacial score (nSPS) is 11.5. The number of alkyl halides is 2. The molecule has 0 saturated heterocycles. The van der Waals surface area contributed by atoms with Crippen molar-refractivity contribution in [2.45, 2.75) is 13.3 Å². The van der Waals surface area contributed by atoms with Gasteiger partial charge in [0.25, 0.3) is 6.43 Å². The van der Waals surface area contributed by atoms with Gasteiger partial charge in [0.05, 0.1) is 5.56 Å². The first-order valence-corrected chi connectivity index (χ1v) is 4.93. The van der Waals surface area contributed by atoms with Crippen LogP contribution in [0.3, 0.4) is 0 Å². The van der Waals surface area contributed by atoms with Gasteiger partial charge in [-0.3, -0.25) is 0 Å². The third-order valence-electron chi connectivity index (χ3n) is 2.17. The lowest BCUT2D eigenvalue weighted by Gasteiger charge is -2.05. The van der Waals surface area contributed by atoms with Gasteiger partial charge in [0, 0.05) is 10.3 Å². The number of rotatable bonds is 1. The van der Waals surface area contributed by atoms with E-state index in [1.165, 1.54) is 24.3 Å². The van der Waals surface area contributed by atoms with E-state index in [1.807, 2.05) is 0 Å². The minimum absolute atomic E-state index is 0.313. The lowest BCUT2D eigenvalue weighted by Crippen LogP contribution is -1.93. The molecule has 1 aromatic carbocycles. The molecule has 4 heteroatoms. The third-order valence-corrected chi connectivity index (χ3v) is 3.21. The summed E-state index contributed by atoms with van der Waals surface area (Å²) in [5.74, 6) is -0.782. The lowest BCUT2D eigenvalue weighted by atomic mass is 10.1. The number of aryl methyl sites for hydroxylation is 1. The maximum Gasteiger partial charge on any atom is 0.266 e. The molecule has 2 rings (SSSR count). The lowest BCUT2D eigenvalue weighted by molar-refractivity contribution is 0.146. The summed E-state index contributed by atoms with van der Waals surface area (Å²) >= 11 is 1.36. The molecule has 1 aromatic heterocycles. The molecule has 0 N–H and O–H groups in total. The van der Waals surface area contributed by atoms with Crippen LogP contribution in [0.1, 0.15) is 17.6 Å². The van der Waals surface area contributed by atoms with E-state index in [1.54, 1.807) is 11.4 Å². The van der Waals surface area contributed by atoms with E-state index in [4.69, 9.17) is 0 Å². The van der Waals surface area contributed by atoms with Crippen LogP contribution in [0.25, 0.3) is 10.1 Å². The molecule has 0 spiro atoms. The second-order valence-electron chi connectivity index (χ2n) is 3.04. The average molecular weight is 216 g/mol. The molecule has 0 bridgehead atoms. The minimum atomic E-state index is -2.75. The summed E-state index contributed by atoms with van der Waals surface area (Å²) in [6, 6.07) is 2.94. The molecule has 2 aromatic rings. The monoisotopic (exact) mass is 216 g/mol. The van der Waals surface area contributed by atoms with Gasteiger partial charge in [-0.25, -0.2) is 13.2 Å². The van der Waals surface area contributed by atoms with Crippen molar-refractivity contribution in [3.8, 4) is 0 Å². The van der Waals surface area contributed by atoms with Gasteiger partial charge in [-0.1, -0.05) is 0 Å². The zero-order valence-corrected chi connectivity index (χ0v) is 8.17. The summed E-state index contributed by atoms with van der Waals surface area (Å²) in [5.41, 5.74) is -0.193. The van der Waals surface area contributed by atoms with Crippen molar-refractivity contribution < 1.29 is 13.2 Å². The van der Waals surface area contributed by atoms with Gasteiger partial charge >= 0.3 is 0 Å². The molecule has 0 aliphatic rings. The van der Waals surface area contributed by atoms with Crippen molar-refractivity contribution in [1.82, 2.24) is 0 Å². The molecule has 0 saturated carbocycles. The Hall–Kier alpha value is -1.03. The van der Waals surface area contributed by atoms with Gasteiger partial charge in [-0.05, 0) is 29.8 Å². The van der Waals surface area contributed by atoms with Crippen molar-refractivity contribution in [1.29, 1.82) is 0 Å². The zero-order valence-electron chi connectivity index (χ0n) is 7.35. The van der Waals surface area contributed by atoms with Crippen LogP contribution in [0.2, 0.25) is 0 Å². The van der Waals surface area contributed by atoms with Crippen LogP contribution in [0, 0.1) is 12.7 Å². The smallest absolute Gasteiger partial charge is 0.206 e. The standard InChI is InChI=1S/C10H7F3S/c1-5-8(11)7(10(12)13)4-6-2-3-14-9(5)6/h2-4,10H,1H3. The van der Waals surface area contributed by atoms with Crippen LogP contribution in [-0.2, 0) is 0 Å². The molecule has 0 aliphatic carbocycles. The van der Waals surface area contributed by atoms with E-state index in [0.717, 1.165) is 4.70 Å². The van der Waals surface area contributed by atoms with E-state index < -0.39 is 17.8 Å². The molecule has 14 heavy (non-hydrogen) atoms. The number of hydrogen-bond acceptors (Lipinski definition) is 1. The van der Waals surface area contributed by atoms with Crippen LogP contribution in [-0.4, -0.2) is 0 Å². The highest BCUT2D eigenvalue weighted by molar-refractivity contribution is 7.17. The van der Waals surface area contributed by atoms with Crippen LogP contribution in [0.4, 0.5) is 13.2 Å². The fourth-order valence-corrected chi connectivity index (χ4v) is 2.32. The van der Waals surface area contributed by atoms with Gasteiger partial charge in [0.2, 0.25) is 0 Å². The number of fused-ring (bicyclic) bond motifs is 1. The molecule has 0 amide bonds. The Labute approximate surface area is 83.0 Å².